The lowest BCUT2D eigenvalue weighted by Gasteiger charge is -2.35. The van der Waals surface area contributed by atoms with E-state index in [-0.39, 0.29) is 42.8 Å². The Bertz CT molecular complexity index is 5140. The Morgan fingerprint density at radius 1 is 0.509 bits per heavy atom. The molecule has 2 amide bonds. The lowest BCUT2D eigenvalue weighted by molar-refractivity contribution is 0.0932. The van der Waals surface area contributed by atoms with Gasteiger partial charge in [0.1, 0.15) is 17.9 Å². The van der Waals surface area contributed by atoms with Crippen LogP contribution in [0.25, 0.3) is 32.8 Å². The Labute approximate surface area is 648 Å². The van der Waals surface area contributed by atoms with Gasteiger partial charge in [-0.2, -0.15) is 38.7 Å². The molecular weight excluding hydrogens is 1450 g/mol. The molecule has 35 nitrogen and oxygen atoms in total. The molecule has 2 saturated heterocycles. The maximum Gasteiger partial charge on any atom is 0.251 e. The molecule has 36 heteroatoms. The highest BCUT2D eigenvalue weighted by atomic mass is 32.1. The van der Waals surface area contributed by atoms with Gasteiger partial charge in [0, 0.05) is 111 Å². The smallest absolute Gasteiger partial charge is 0.251 e. The number of methoxy groups -OCH3 is 2. The van der Waals surface area contributed by atoms with Crippen molar-refractivity contribution >= 4 is 110 Å². The van der Waals surface area contributed by atoms with Crippen molar-refractivity contribution in [2.75, 3.05) is 129 Å². The van der Waals surface area contributed by atoms with Crippen LogP contribution in [0.2, 0.25) is 0 Å². The molecule has 1 saturated carbocycles. The number of pyridine rings is 2. The predicted octanol–water partition coefficient (Wildman–Crippen LogP) is 8.54. The summed E-state index contributed by atoms with van der Waals surface area (Å²) in [5.41, 5.74) is 30.6. The van der Waals surface area contributed by atoms with Gasteiger partial charge in [0.05, 0.1) is 30.5 Å². The van der Waals surface area contributed by atoms with Gasteiger partial charge in [-0.15, -0.1) is 20.4 Å². The van der Waals surface area contributed by atoms with Crippen molar-refractivity contribution in [3.8, 4) is 28.3 Å². The van der Waals surface area contributed by atoms with Crippen LogP contribution in [0.4, 0.5) is 76.2 Å². The number of carbonyl (C=O) groups is 2. The van der Waals surface area contributed by atoms with Gasteiger partial charge in [-0.05, 0) is 185 Å². The standard InChI is InChI=1S/C27H38N10.C17H19N7O2.C16H17N7O2.C16H14N6OS/c1-19(2)34-11-9-21(10-12-34)20-3-5-22(6-4-20)31-27-32-26(28)37(33-27)25-17-24(29-18-30-25)36-15-13-35(14-16-36)23-7-8-23;1-26-11-10-20-15(25)12-5-7-13(8-6-12)21-17-22-16(18)24(23-17)14-4-2-3-9-19-14;17-15-21-16(22-23(15)13-3-1-2-8-18-13)20-12-6-4-11(5-7-12)14(25)19-9-10-24;1-23-11-8-6-10(7-9-11)18-15-20-14(17)22(21-15)16-19-12-4-2-3-5-13(12)24-16/h3-6,17-19,21,23H,7-16H2,1-2H3,(H3,28,31,32,33);2-9H,10-11H2,1H3,(H,20,25)(H3,18,21,22,23);1-8,24H,9-10H2,(H,19,25)(H3,17,20,21,22);2-9H,1H3,(H3,17,18,20,21). The van der Waals surface area contributed by atoms with Crippen LogP contribution in [-0.2, 0) is 4.74 Å². The van der Waals surface area contributed by atoms with E-state index < -0.39 is 0 Å². The van der Waals surface area contributed by atoms with E-state index in [0.717, 1.165) is 71.1 Å². The van der Waals surface area contributed by atoms with E-state index in [0.29, 0.717) is 94.3 Å². The topological polar surface area (TPSA) is 446 Å². The number of amides is 2. The van der Waals surface area contributed by atoms with Crippen molar-refractivity contribution in [2.45, 2.75) is 57.5 Å². The van der Waals surface area contributed by atoms with E-state index in [1.165, 1.54) is 69.7 Å². The first kappa shape index (κ1) is 76.9. The third-order valence-electron chi connectivity index (χ3n) is 18.3. The summed E-state index contributed by atoms with van der Waals surface area (Å²) in [5.74, 6) is 6.20. The first-order valence-corrected chi connectivity index (χ1v) is 37.2. The average molecular weight is 1530 g/mol. The van der Waals surface area contributed by atoms with Gasteiger partial charge < -0.3 is 79.2 Å². The zero-order valence-electron chi connectivity index (χ0n) is 62.2. The van der Waals surface area contributed by atoms with Crippen LogP contribution in [-0.4, -0.2) is 203 Å². The normalized spacial score (nSPS) is 13.7. The number of ether oxygens (including phenoxy) is 2. The highest BCUT2D eigenvalue weighted by molar-refractivity contribution is 7.20. The number of benzene rings is 5. The number of fused-ring (bicyclic) bond motifs is 1. The van der Waals surface area contributed by atoms with Crippen LogP contribution < -0.4 is 64.5 Å². The maximum absolute atomic E-state index is 12.0. The quantitative estimate of drug-likeness (QED) is 0.0252. The number of piperazine rings is 1. The number of piperidine rings is 1. The van der Waals surface area contributed by atoms with Crippen LogP contribution in [0.3, 0.4) is 0 Å². The van der Waals surface area contributed by atoms with Crippen molar-refractivity contribution in [1.29, 1.82) is 0 Å². The van der Waals surface area contributed by atoms with Gasteiger partial charge in [0.2, 0.25) is 52.7 Å². The van der Waals surface area contributed by atoms with Crippen LogP contribution in [0.5, 0.6) is 5.75 Å². The molecule has 0 atom stereocenters. The number of thiazole rings is 1. The van der Waals surface area contributed by atoms with E-state index >= 15 is 0 Å². The second kappa shape index (κ2) is 36.7. The van der Waals surface area contributed by atoms with Crippen molar-refractivity contribution in [3.05, 3.63) is 199 Å². The summed E-state index contributed by atoms with van der Waals surface area (Å²) >= 11 is 1.51. The van der Waals surface area contributed by atoms with Gasteiger partial charge in [-0.3, -0.25) is 14.5 Å². The summed E-state index contributed by atoms with van der Waals surface area (Å²) in [6.07, 6.45) is 10.00. The number of aromatic nitrogens is 17. The Kier molecular flexibility index (Phi) is 25.2. The van der Waals surface area contributed by atoms with Crippen molar-refractivity contribution < 1.29 is 24.2 Å². The lowest BCUT2D eigenvalue weighted by Crippen LogP contribution is -2.47. The number of nitrogens with zero attached hydrogens (tertiary/aromatic N) is 20. The number of carbonyl (C=O) groups excluding carboxylic acids is 2. The molecular formula is C76H88N30O5S. The van der Waals surface area contributed by atoms with Gasteiger partial charge in [-0.25, -0.2) is 24.9 Å². The fourth-order valence-corrected chi connectivity index (χ4v) is 13.2. The first-order chi connectivity index (χ1) is 54.6. The van der Waals surface area contributed by atoms with Crippen LogP contribution in [0, 0.1) is 0 Å². The number of para-hydroxylation sites is 1. The van der Waals surface area contributed by atoms with E-state index in [9.17, 15) is 9.59 Å². The summed E-state index contributed by atoms with van der Waals surface area (Å²) in [6, 6.07) is 52.0. The zero-order valence-corrected chi connectivity index (χ0v) is 63.0. The minimum atomic E-state index is -0.248. The largest absolute Gasteiger partial charge is 0.497 e. The molecule has 578 valence electrons. The SMILES string of the molecule is CC(C)N1CCC(c2ccc(Nc3nc(N)n(-c4cc(N5CCN(C6CC6)CC5)ncn4)n3)cc2)CC1.COCCNC(=O)c1ccc(Nc2nc(N)n(-c3ccccn3)n2)cc1.COc1ccc(Nc2nc(N)n(-c3nc4ccccc4s3)n2)cc1.Nc1nc(Nc2ccc(C(=O)NCCO)cc2)nn1-c1ccccn1. The van der Waals surface area contributed by atoms with Crippen molar-refractivity contribution in [3.63, 3.8) is 0 Å². The molecule has 8 aromatic heterocycles. The summed E-state index contributed by atoms with van der Waals surface area (Å²) in [7, 11) is 3.22. The van der Waals surface area contributed by atoms with Crippen molar-refractivity contribution in [2.24, 2.45) is 0 Å². The van der Waals surface area contributed by atoms with Gasteiger partial charge >= 0.3 is 0 Å². The molecule has 1 aliphatic carbocycles. The monoisotopic (exact) mass is 1530 g/mol. The molecule has 2 aliphatic heterocycles. The van der Waals surface area contributed by atoms with Crippen LogP contribution in [0.1, 0.15) is 71.7 Å². The minimum Gasteiger partial charge on any atom is -0.497 e. The second-order valence-corrected chi connectivity index (χ2v) is 27.3. The number of rotatable bonds is 24. The molecule has 3 aliphatic rings. The molecule has 5 aromatic carbocycles. The van der Waals surface area contributed by atoms with E-state index in [1.807, 2.05) is 72.8 Å². The number of anilines is 13. The number of likely N-dealkylation sites (tertiary alicyclic amines) is 1. The molecule has 0 unspecified atom stereocenters. The fraction of sp³-hybridized carbons (Fsp3) is 0.276. The molecule has 0 radical (unpaired) electrons. The number of nitrogens with one attached hydrogen (secondary N) is 6. The summed E-state index contributed by atoms with van der Waals surface area (Å²) in [4.78, 5) is 70.1. The van der Waals surface area contributed by atoms with Gasteiger partial charge in [-0.1, -0.05) is 47.7 Å². The minimum absolute atomic E-state index is 0.0998. The number of nitrogens with two attached hydrogens (primary N) is 4. The fourth-order valence-electron chi connectivity index (χ4n) is 12.3. The number of hydrogen-bond acceptors (Lipinski definition) is 30. The number of nitrogen functional groups attached to an aromatic ring is 4. The molecule has 10 heterocycles. The molecule has 0 bridgehead atoms. The molecule has 0 spiro atoms. The number of aliphatic hydroxyl groups is 1. The zero-order chi connectivity index (χ0) is 77.9. The Hall–Kier alpha value is -13.3. The molecule has 15 N–H and O–H groups in total. The van der Waals surface area contributed by atoms with Crippen molar-refractivity contribution in [1.82, 2.24) is 104 Å². The van der Waals surface area contributed by atoms with Crippen LogP contribution in [0.15, 0.2) is 183 Å². The second-order valence-electron chi connectivity index (χ2n) is 26.3. The van der Waals surface area contributed by atoms with Crippen LogP contribution >= 0.6 is 11.3 Å². The maximum atomic E-state index is 12.0. The predicted molar refractivity (Wildman–Crippen MR) is 432 cm³/mol. The van der Waals surface area contributed by atoms with Gasteiger partial charge in [0.25, 0.3) is 11.8 Å². The van der Waals surface area contributed by atoms with Gasteiger partial charge in [0.15, 0.2) is 17.5 Å². The Morgan fingerprint density at radius 3 is 1.45 bits per heavy atom. The summed E-state index contributed by atoms with van der Waals surface area (Å²) < 4.78 is 17.1. The highest BCUT2D eigenvalue weighted by Crippen LogP contribution is 2.33. The molecule has 3 fully saturated rings. The summed E-state index contributed by atoms with van der Waals surface area (Å²) in [6.45, 7) is 12.1. The highest BCUT2D eigenvalue weighted by Gasteiger charge is 2.32. The number of hydrogen-bond donors (Lipinski definition) is 11. The summed E-state index contributed by atoms with van der Waals surface area (Å²) in [5, 5.41) is 44.8. The average Bonchev–Trinajstić information content (AvgIpc) is 1.72. The molecule has 13 aromatic rings. The molecule has 16 rings (SSSR count). The molecule has 112 heavy (non-hydrogen) atoms. The first-order valence-electron chi connectivity index (χ1n) is 36.4. The lowest BCUT2D eigenvalue weighted by atomic mass is 9.89. The third kappa shape index (κ3) is 20.1. The van der Waals surface area contributed by atoms with E-state index in [1.54, 1.807) is 104 Å². The van der Waals surface area contributed by atoms with E-state index in [4.69, 9.17) is 37.5 Å². The number of aliphatic hydroxyl groups excluding tert-OH is 1. The van der Waals surface area contributed by atoms with E-state index in [2.05, 4.69) is 150 Å². The third-order valence-corrected chi connectivity index (χ3v) is 19.3. The Balaban J connectivity index is 0.000000133. The Morgan fingerprint density at radius 2 is 0.973 bits per heavy atom.